The van der Waals surface area contributed by atoms with Crippen molar-refractivity contribution < 1.29 is 4.74 Å². The lowest BCUT2D eigenvalue weighted by Crippen LogP contribution is -1.99. The largest absolute Gasteiger partial charge is 0.497 e. The van der Waals surface area contributed by atoms with Gasteiger partial charge in [0.2, 0.25) is 0 Å². The highest BCUT2D eigenvalue weighted by atomic mass is 16.5. The average Bonchev–Trinajstić information content (AvgIpc) is 2.79. The van der Waals surface area contributed by atoms with Gasteiger partial charge in [0.1, 0.15) is 5.75 Å². The van der Waals surface area contributed by atoms with Crippen molar-refractivity contribution in [2.45, 2.75) is 19.9 Å². The minimum absolute atomic E-state index is 0.477. The van der Waals surface area contributed by atoms with Gasteiger partial charge in [0, 0.05) is 29.6 Å². The summed E-state index contributed by atoms with van der Waals surface area (Å²) in [4.78, 5) is 4.38. The number of fused-ring (bicyclic) bond motifs is 3. The first-order valence-electron chi connectivity index (χ1n) is 6.54. The molecule has 0 atom stereocenters. The van der Waals surface area contributed by atoms with Crippen LogP contribution >= 0.6 is 0 Å². The molecule has 100 valence electrons. The highest BCUT2D eigenvalue weighted by Gasteiger charge is 2.13. The Labute approximate surface area is 117 Å². The summed E-state index contributed by atoms with van der Waals surface area (Å²) in [5.74, 6) is 0.823. The number of hydrogen-bond acceptors (Lipinski definition) is 3. The zero-order chi connectivity index (χ0) is 14.1. The summed E-state index contributed by atoms with van der Waals surface area (Å²) >= 11 is 0. The minimum atomic E-state index is 0.477. The molecule has 2 aromatic heterocycles. The SMILES string of the molecule is COc1ccc2c3ccnc(C)c3n(CCC#N)c2c1. The molecule has 0 N–H and O–H groups in total. The van der Waals surface area contributed by atoms with Gasteiger partial charge in [-0.25, -0.2) is 0 Å². The minimum Gasteiger partial charge on any atom is -0.497 e. The number of aryl methyl sites for hydroxylation is 2. The van der Waals surface area contributed by atoms with Gasteiger partial charge >= 0.3 is 0 Å². The molecule has 2 heterocycles. The normalized spacial score (nSPS) is 10.8. The number of methoxy groups -OCH3 is 1. The fraction of sp³-hybridized carbons (Fsp3) is 0.250. The smallest absolute Gasteiger partial charge is 0.120 e. The van der Waals surface area contributed by atoms with E-state index in [-0.39, 0.29) is 0 Å². The average molecular weight is 265 g/mol. The molecule has 0 bridgehead atoms. The number of benzene rings is 1. The molecule has 3 aromatic rings. The number of hydrogen-bond donors (Lipinski definition) is 0. The standard InChI is InChI=1S/C16H15N3O/c1-11-16-14(6-8-18-11)13-5-4-12(20-2)10-15(13)19(16)9-3-7-17/h4-6,8,10H,3,9H2,1-2H3. The number of ether oxygens (including phenoxy) is 1. The molecule has 0 spiro atoms. The van der Waals surface area contributed by atoms with E-state index >= 15 is 0 Å². The molecule has 1 aromatic carbocycles. The Balaban J connectivity index is 2.40. The summed E-state index contributed by atoms with van der Waals surface area (Å²) < 4.78 is 7.48. The van der Waals surface area contributed by atoms with Crippen molar-refractivity contribution in [1.82, 2.24) is 9.55 Å². The van der Waals surface area contributed by atoms with Gasteiger partial charge in [-0.3, -0.25) is 4.98 Å². The van der Waals surface area contributed by atoms with Crippen molar-refractivity contribution in [1.29, 1.82) is 5.26 Å². The van der Waals surface area contributed by atoms with E-state index in [1.165, 1.54) is 10.8 Å². The van der Waals surface area contributed by atoms with Crippen LogP contribution in [0.5, 0.6) is 5.75 Å². The van der Waals surface area contributed by atoms with Gasteiger partial charge in [-0.2, -0.15) is 5.26 Å². The monoisotopic (exact) mass is 265 g/mol. The summed E-state index contributed by atoms with van der Waals surface area (Å²) in [6.07, 6.45) is 2.31. The highest BCUT2D eigenvalue weighted by Crippen LogP contribution is 2.32. The molecule has 0 radical (unpaired) electrons. The van der Waals surface area contributed by atoms with E-state index in [0.29, 0.717) is 13.0 Å². The highest BCUT2D eigenvalue weighted by molar-refractivity contribution is 6.09. The predicted molar refractivity (Wildman–Crippen MR) is 78.8 cm³/mol. The second-order valence-electron chi connectivity index (χ2n) is 4.74. The number of pyridine rings is 1. The van der Waals surface area contributed by atoms with Gasteiger partial charge in [0.25, 0.3) is 0 Å². The Bertz CT molecular complexity index is 827. The summed E-state index contributed by atoms with van der Waals surface area (Å²) in [5, 5.41) is 11.2. The maximum Gasteiger partial charge on any atom is 0.120 e. The van der Waals surface area contributed by atoms with Crippen LogP contribution in [0.4, 0.5) is 0 Å². The lowest BCUT2D eigenvalue weighted by atomic mass is 10.1. The van der Waals surface area contributed by atoms with Gasteiger partial charge in [0.15, 0.2) is 0 Å². The van der Waals surface area contributed by atoms with E-state index in [4.69, 9.17) is 10.00 Å². The van der Waals surface area contributed by atoms with Crippen LogP contribution in [0.25, 0.3) is 21.8 Å². The van der Waals surface area contributed by atoms with E-state index in [0.717, 1.165) is 22.5 Å². The van der Waals surface area contributed by atoms with Crippen molar-refractivity contribution >= 4 is 21.8 Å². The molecule has 4 heteroatoms. The third-order valence-corrected chi connectivity index (χ3v) is 3.61. The van der Waals surface area contributed by atoms with Crippen molar-refractivity contribution in [2.24, 2.45) is 0 Å². The third-order valence-electron chi connectivity index (χ3n) is 3.61. The first kappa shape index (κ1) is 12.5. The topological polar surface area (TPSA) is 50.8 Å². The molecule has 0 aliphatic heterocycles. The van der Waals surface area contributed by atoms with Gasteiger partial charge in [0.05, 0.1) is 36.3 Å². The molecule has 0 unspecified atom stereocenters. The van der Waals surface area contributed by atoms with Crippen molar-refractivity contribution in [2.75, 3.05) is 7.11 Å². The summed E-state index contributed by atoms with van der Waals surface area (Å²) in [5.41, 5.74) is 3.17. The van der Waals surface area contributed by atoms with E-state index in [1.807, 2.05) is 31.3 Å². The summed E-state index contributed by atoms with van der Waals surface area (Å²) in [6.45, 7) is 2.66. The Kier molecular flexibility index (Phi) is 3.03. The van der Waals surface area contributed by atoms with Crippen molar-refractivity contribution in [3.63, 3.8) is 0 Å². The molecule has 4 nitrogen and oxygen atoms in total. The lowest BCUT2D eigenvalue weighted by molar-refractivity contribution is 0.415. The molecular formula is C16H15N3O. The molecular weight excluding hydrogens is 250 g/mol. The Morgan fingerprint density at radius 1 is 1.30 bits per heavy atom. The van der Waals surface area contributed by atoms with E-state index in [1.54, 1.807) is 7.11 Å². The van der Waals surface area contributed by atoms with Crippen LogP contribution in [0.2, 0.25) is 0 Å². The first-order valence-corrected chi connectivity index (χ1v) is 6.54. The number of rotatable bonds is 3. The van der Waals surface area contributed by atoms with Gasteiger partial charge in [-0.1, -0.05) is 0 Å². The van der Waals surface area contributed by atoms with E-state index in [9.17, 15) is 0 Å². The molecule has 0 aliphatic rings. The van der Waals surface area contributed by atoms with Crippen molar-refractivity contribution in [3.05, 3.63) is 36.2 Å². The molecule has 0 amide bonds. The molecule has 0 saturated carbocycles. The van der Waals surface area contributed by atoms with Crippen molar-refractivity contribution in [3.8, 4) is 11.8 Å². The molecule has 20 heavy (non-hydrogen) atoms. The zero-order valence-electron chi connectivity index (χ0n) is 11.6. The Hall–Kier alpha value is -2.54. The van der Waals surface area contributed by atoms with Crippen LogP contribution in [-0.4, -0.2) is 16.7 Å². The number of nitriles is 1. The fourth-order valence-electron chi connectivity index (χ4n) is 2.72. The first-order chi connectivity index (χ1) is 9.76. The summed E-state index contributed by atoms with van der Waals surface area (Å²) in [7, 11) is 1.66. The van der Waals surface area contributed by atoms with Crippen LogP contribution in [0.3, 0.4) is 0 Å². The Morgan fingerprint density at radius 3 is 2.90 bits per heavy atom. The second kappa shape index (κ2) is 4.86. The molecule has 0 saturated heterocycles. The molecule has 0 fully saturated rings. The zero-order valence-corrected chi connectivity index (χ0v) is 11.6. The lowest BCUT2D eigenvalue weighted by Gasteiger charge is -2.06. The predicted octanol–water partition coefficient (Wildman–Crippen LogP) is 3.42. The molecule has 3 rings (SSSR count). The Morgan fingerprint density at radius 2 is 2.15 bits per heavy atom. The molecule has 0 aliphatic carbocycles. The maximum atomic E-state index is 8.88. The van der Waals surface area contributed by atoms with Crippen LogP contribution in [0.15, 0.2) is 30.5 Å². The van der Waals surface area contributed by atoms with Crippen LogP contribution < -0.4 is 4.74 Å². The van der Waals surface area contributed by atoms with Crippen LogP contribution in [0, 0.1) is 18.3 Å². The van der Waals surface area contributed by atoms with Gasteiger partial charge in [-0.15, -0.1) is 0 Å². The van der Waals surface area contributed by atoms with Gasteiger partial charge < -0.3 is 9.30 Å². The second-order valence-corrected chi connectivity index (χ2v) is 4.74. The third kappa shape index (κ3) is 1.79. The van der Waals surface area contributed by atoms with E-state index in [2.05, 4.69) is 21.7 Å². The summed E-state index contributed by atoms with van der Waals surface area (Å²) in [6, 6.07) is 10.3. The maximum absolute atomic E-state index is 8.88. The van der Waals surface area contributed by atoms with Crippen LogP contribution in [0.1, 0.15) is 12.1 Å². The fourth-order valence-corrected chi connectivity index (χ4v) is 2.72. The van der Waals surface area contributed by atoms with Gasteiger partial charge in [-0.05, 0) is 25.1 Å². The van der Waals surface area contributed by atoms with Crippen LogP contribution in [-0.2, 0) is 6.54 Å². The quantitative estimate of drug-likeness (QED) is 0.729. The number of aromatic nitrogens is 2. The number of nitrogens with zero attached hydrogens (tertiary/aromatic N) is 3. The van der Waals surface area contributed by atoms with E-state index < -0.39 is 0 Å².